The van der Waals surface area contributed by atoms with Gasteiger partial charge in [0, 0.05) is 51.5 Å². The van der Waals surface area contributed by atoms with E-state index in [0.717, 1.165) is 12.0 Å². The van der Waals surface area contributed by atoms with Gasteiger partial charge in [-0.1, -0.05) is 0 Å². The Morgan fingerprint density at radius 2 is 1.56 bits per heavy atom. The third-order valence-corrected chi connectivity index (χ3v) is 4.11. The number of amides is 2. The maximum Gasteiger partial charge on any atom is 0.255 e. The summed E-state index contributed by atoms with van der Waals surface area (Å²) in [7, 11) is 1.75. The van der Waals surface area contributed by atoms with Gasteiger partial charge < -0.3 is 9.80 Å². The molecule has 2 aromatic heterocycles. The van der Waals surface area contributed by atoms with Crippen LogP contribution in [0, 0.1) is 0 Å². The van der Waals surface area contributed by atoms with Crippen molar-refractivity contribution in [2.45, 2.75) is 20.3 Å². The minimum Gasteiger partial charge on any atom is -0.341 e. The lowest BCUT2D eigenvalue weighted by molar-refractivity contribution is 0.0772. The first-order chi connectivity index (χ1) is 12.1. The van der Waals surface area contributed by atoms with E-state index in [9.17, 15) is 9.59 Å². The van der Waals surface area contributed by atoms with E-state index in [-0.39, 0.29) is 11.8 Å². The van der Waals surface area contributed by atoms with E-state index < -0.39 is 0 Å². The van der Waals surface area contributed by atoms with E-state index in [1.165, 1.54) is 12.4 Å². The molecular formula is C19H24N4O2. The van der Waals surface area contributed by atoms with Gasteiger partial charge in [0.15, 0.2) is 0 Å². The highest BCUT2D eigenvalue weighted by Gasteiger charge is 2.17. The first-order valence-corrected chi connectivity index (χ1v) is 8.45. The van der Waals surface area contributed by atoms with Crippen molar-refractivity contribution in [2.75, 3.05) is 26.7 Å². The average molecular weight is 340 g/mol. The predicted molar refractivity (Wildman–Crippen MR) is 96.4 cm³/mol. The van der Waals surface area contributed by atoms with Crippen molar-refractivity contribution < 1.29 is 9.59 Å². The topological polar surface area (TPSA) is 66.4 Å². The van der Waals surface area contributed by atoms with Gasteiger partial charge in [-0.05, 0) is 44.0 Å². The Labute approximate surface area is 148 Å². The van der Waals surface area contributed by atoms with E-state index in [1.807, 2.05) is 26.0 Å². The minimum atomic E-state index is -0.143. The van der Waals surface area contributed by atoms with E-state index in [1.54, 1.807) is 35.3 Å². The summed E-state index contributed by atoms with van der Waals surface area (Å²) in [5.74, 6) is -0.248. The summed E-state index contributed by atoms with van der Waals surface area (Å²) in [6.07, 6.45) is 7.24. The number of hydrogen-bond acceptors (Lipinski definition) is 4. The van der Waals surface area contributed by atoms with Gasteiger partial charge in [-0.2, -0.15) is 0 Å². The SMILES string of the molecule is CCN(CC)C(=O)c1cncc(C(=O)N(C)CCc2ccncc2)c1. The molecule has 0 aliphatic carbocycles. The zero-order valence-electron chi connectivity index (χ0n) is 15.0. The predicted octanol–water partition coefficient (Wildman–Crippen LogP) is 2.27. The molecule has 0 unspecified atom stereocenters. The molecule has 0 N–H and O–H groups in total. The number of likely N-dealkylation sites (N-methyl/N-ethyl adjacent to an activating group) is 1. The molecule has 6 heteroatoms. The Hall–Kier alpha value is -2.76. The van der Waals surface area contributed by atoms with Crippen molar-refractivity contribution >= 4 is 11.8 Å². The molecule has 6 nitrogen and oxygen atoms in total. The summed E-state index contributed by atoms with van der Waals surface area (Å²) in [4.78, 5) is 36.4. The van der Waals surface area contributed by atoms with Gasteiger partial charge >= 0.3 is 0 Å². The van der Waals surface area contributed by atoms with Crippen molar-refractivity contribution in [1.29, 1.82) is 0 Å². The zero-order chi connectivity index (χ0) is 18.2. The highest BCUT2D eigenvalue weighted by atomic mass is 16.2. The van der Waals surface area contributed by atoms with Crippen LogP contribution in [-0.4, -0.2) is 58.3 Å². The van der Waals surface area contributed by atoms with Crippen molar-refractivity contribution in [3.63, 3.8) is 0 Å². The smallest absolute Gasteiger partial charge is 0.255 e. The Morgan fingerprint density at radius 3 is 2.16 bits per heavy atom. The maximum absolute atomic E-state index is 12.6. The lowest BCUT2D eigenvalue weighted by atomic mass is 10.1. The van der Waals surface area contributed by atoms with Crippen LogP contribution in [0.15, 0.2) is 43.0 Å². The number of hydrogen-bond donors (Lipinski definition) is 0. The van der Waals surface area contributed by atoms with Crippen LogP contribution < -0.4 is 0 Å². The van der Waals surface area contributed by atoms with Crippen LogP contribution in [-0.2, 0) is 6.42 Å². The molecule has 0 saturated carbocycles. The van der Waals surface area contributed by atoms with Gasteiger partial charge in [-0.15, -0.1) is 0 Å². The number of aromatic nitrogens is 2. The van der Waals surface area contributed by atoms with Crippen LogP contribution >= 0.6 is 0 Å². The number of rotatable bonds is 7. The quantitative estimate of drug-likeness (QED) is 0.775. The van der Waals surface area contributed by atoms with Crippen molar-refractivity contribution in [3.8, 4) is 0 Å². The van der Waals surface area contributed by atoms with Gasteiger partial charge in [0.1, 0.15) is 0 Å². The fourth-order valence-electron chi connectivity index (χ4n) is 2.54. The van der Waals surface area contributed by atoms with Gasteiger partial charge in [-0.3, -0.25) is 19.6 Å². The summed E-state index contributed by atoms with van der Waals surface area (Å²) in [6, 6.07) is 5.49. The molecule has 0 bridgehead atoms. The highest BCUT2D eigenvalue weighted by Crippen LogP contribution is 2.10. The normalized spacial score (nSPS) is 10.4. The Balaban J connectivity index is 2.06. The zero-order valence-corrected chi connectivity index (χ0v) is 15.0. The molecule has 0 fully saturated rings. The molecule has 0 atom stereocenters. The summed E-state index contributed by atoms with van der Waals surface area (Å²) < 4.78 is 0. The van der Waals surface area contributed by atoms with Gasteiger partial charge in [0.2, 0.25) is 0 Å². The fourth-order valence-corrected chi connectivity index (χ4v) is 2.54. The number of nitrogens with zero attached hydrogens (tertiary/aromatic N) is 4. The molecule has 25 heavy (non-hydrogen) atoms. The average Bonchev–Trinajstić information content (AvgIpc) is 2.67. The van der Waals surface area contributed by atoms with Crippen LogP contribution in [0.4, 0.5) is 0 Å². The maximum atomic E-state index is 12.6. The fraction of sp³-hybridized carbons (Fsp3) is 0.368. The van der Waals surface area contributed by atoms with Crippen LogP contribution in [0.25, 0.3) is 0 Å². The summed E-state index contributed by atoms with van der Waals surface area (Å²) in [6.45, 7) is 5.68. The monoisotopic (exact) mass is 340 g/mol. The lowest BCUT2D eigenvalue weighted by Gasteiger charge is -2.20. The summed E-state index contributed by atoms with van der Waals surface area (Å²) >= 11 is 0. The first kappa shape index (κ1) is 18.6. The Bertz CT molecular complexity index is 714. The minimum absolute atomic E-state index is 0.105. The van der Waals surface area contributed by atoms with E-state index in [4.69, 9.17) is 0 Å². The van der Waals surface area contributed by atoms with Gasteiger partial charge in [0.05, 0.1) is 11.1 Å². The van der Waals surface area contributed by atoms with E-state index >= 15 is 0 Å². The van der Waals surface area contributed by atoms with E-state index in [2.05, 4.69) is 9.97 Å². The van der Waals surface area contributed by atoms with Crippen LogP contribution in [0.1, 0.15) is 40.1 Å². The number of carbonyl (C=O) groups is 2. The van der Waals surface area contributed by atoms with Crippen molar-refractivity contribution in [1.82, 2.24) is 19.8 Å². The van der Waals surface area contributed by atoms with Crippen molar-refractivity contribution in [3.05, 3.63) is 59.7 Å². The second kappa shape index (κ2) is 8.92. The largest absolute Gasteiger partial charge is 0.341 e. The molecule has 0 spiro atoms. The van der Waals surface area contributed by atoms with Crippen molar-refractivity contribution in [2.24, 2.45) is 0 Å². The second-order valence-corrected chi connectivity index (χ2v) is 5.77. The van der Waals surface area contributed by atoms with Gasteiger partial charge in [0.25, 0.3) is 11.8 Å². The third-order valence-electron chi connectivity index (χ3n) is 4.11. The number of carbonyl (C=O) groups excluding carboxylic acids is 2. The number of pyridine rings is 2. The van der Waals surface area contributed by atoms with Crippen LogP contribution in [0.3, 0.4) is 0 Å². The van der Waals surface area contributed by atoms with Crippen LogP contribution in [0.5, 0.6) is 0 Å². The first-order valence-electron chi connectivity index (χ1n) is 8.45. The van der Waals surface area contributed by atoms with Crippen LogP contribution in [0.2, 0.25) is 0 Å². The molecule has 0 aliphatic rings. The second-order valence-electron chi connectivity index (χ2n) is 5.77. The van der Waals surface area contributed by atoms with E-state index in [0.29, 0.717) is 30.8 Å². The molecule has 132 valence electrons. The lowest BCUT2D eigenvalue weighted by Crippen LogP contribution is -2.32. The molecule has 0 radical (unpaired) electrons. The molecule has 2 amide bonds. The highest BCUT2D eigenvalue weighted by molar-refractivity contribution is 5.99. The molecular weight excluding hydrogens is 316 g/mol. The molecule has 2 aromatic rings. The molecule has 0 aromatic carbocycles. The molecule has 0 aliphatic heterocycles. The Kier molecular flexibility index (Phi) is 6.62. The summed E-state index contributed by atoms with van der Waals surface area (Å²) in [5, 5.41) is 0. The summed E-state index contributed by atoms with van der Waals surface area (Å²) in [5.41, 5.74) is 1.99. The molecule has 0 saturated heterocycles. The van der Waals surface area contributed by atoms with Gasteiger partial charge in [-0.25, -0.2) is 0 Å². The third kappa shape index (κ3) is 4.86. The Morgan fingerprint density at radius 1 is 0.960 bits per heavy atom. The standard InChI is InChI=1S/C19H24N4O2/c1-4-23(5-2)19(25)17-12-16(13-21-14-17)18(24)22(3)11-8-15-6-9-20-10-7-15/h6-7,9-10,12-14H,4-5,8,11H2,1-3H3. The molecule has 2 heterocycles. The molecule has 2 rings (SSSR count).